The molecular weight excluding hydrogens is 460 g/mol. The number of hydrogen-bond acceptors (Lipinski definition) is 6. The number of halogens is 1. The van der Waals surface area contributed by atoms with Crippen molar-refractivity contribution < 1.29 is 19.0 Å². The monoisotopic (exact) mass is 480 g/mol. The SMILES string of the molecule is COc1cc(C(=O)Nc2ccccc2OCc2cscn2)ccc1OCc1ccc(Cl)cc1. The number of rotatable bonds is 9. The van der Waals surface area contributed by atoms with Gasteiger partial charge in [0, 0.05) is 16.0 Å². The van der Waals surface area contributed by atoms with Gasteiger partial charge in [-0.15, -0.1) is 11.3 Å². The number of thiazole rings is 1. The van der Waals surface area contributed by atoms with Crippen LogP contribution in [0.1, 0.15) is 21.6 Å². The summed E-state index contributed by atoms with van der Waals surface area (Å²) in [5.74, 6) is 1.27. The summed E-state index contributed by atoms with van der Waals surface area (Å²) in [5, 5.41) is 5.49. The van der Waals surface area contributed by atoms with Crippen LogP contribution in [0.25, 0.3) is 0 Å². The highest BCUT2D eigenvalue weighted by Gasteiger charge is 2.14. The summed E-state index contributed by atoms with van der Waals surface area (Å²) in [7, 11) is 1.54. The van der Waals surface area contributed by atoms with Crippen LogP contribution in [0.4, 0.5) is 5.69 Å². The van der Waals surface area contributed by atoms with E-state index in [4.69, 9.17) is 25.8 Å². The van der Waals surface area contributed by atoms with E-state index in [2.05, 4.69) is 10.3 Å². The Morgan fingerprint density at radius 2 is 1.76 bits per heavy atom. The molecule has 1 aromatic heterocycles. The zero-order valence-corrected chi connectivity index (χ0v) is 19.4. The normalized spacial score (nSPS) is 10.5. The first-order valence-electron chi connectivity index (χ1n) is 10.1. The van der Waals surface area contributed by atoms with Crippen LogP contribution in [0, 0.1) is 0 Å². The third-order valence-corrected chi connectivity index (χ3v) is 5.61. The molecule has 0 aliphatic rings. The van der Waals surface area contributed by atoms with E-state index in [0.29, 0.717) is 46.7 Å². The molecule has 0 fully saturated rings. The Hall–Kier alpha value is -3.55. The highest BCUT2D eigenvalue weighted by Crippen LogP contribution is 2.30. The molecule has 0 bridgehead atoms. The molecule has 0 unspecified atom stereocenters. The van der Waals surface area contributed by atoms with E-state index >= 15 is 0 Å². The van der Waals surface area contributed by atoms with E-state index in [9.17, 15) is 4.79 Å². The molecule has 4 aromatic rings. The number of aromatic nitrogens is 1. The largest absolute Gasteiger partial charge is 0.493 e. The second kappa shape index (κ2) is 10.8. The van der Waals surface area contributed by atoms with E-state index in [1.807, 2.05) is 41.8 Å². The van der Waals surface area contributed by atoms with Crippen molar-refractivity contribution in [3.63, 3.8) is 0 Å². The molecule has 168 valence electrons. The standard InChI is InChI=1S/C25H21ClN2O4S/c1-30-24-12-18(8-11-23(24)31-13-17-6-9-19(26)10-7-17)25(29)28-21-4-2-3-5-22(21)32-14-20-15-33-16-27-20/h2-12,15-16H,13-14H2,1H3,(H,28,29). The van der Waals surface area contributed by atoms with Crippen molar-refractivity contribution in [1.82, 2.24) is 4.98 Å². The van der Waals surface area contributed by atoms with Gasteiger partial charge in [-0.2, -0.15) is 0 Å². The quantitative estimate of drug-likeness (QED) is 0.308. The van der Waals surface area contributed by atoms with Gasteiger partial charge in [0.05, 0.1) is 24.0 Å². The molecule has 0 aliphatic carbocycles. The number of anilines is 1. The highest BCUT2D eigenvalue weighted by atomic mass is 35.5. The van der Waals surface area contributed by atoms with Crippen LogP contribution < -0.4 is 19.5 Å². The maximum atomic E-state index is 12.9. The number of ether oxygens (including phenoxy) is 3. The van der Waals surface area contributed by atoms with Gasteiger partial charge < -0.3 is 19.5 Å². The highest BCUT2D eigenvalue weighted by molar-refractivity contribution is 7.07. The summed E-state index contributed by atoms with van der Waals surface area (Å²) in [4.78, 5) is 17.1. The molecule has 0 saturated carbocycles. The van der Waals surface area contributed by atoms with Crippen molar-refractivity contribution in [3.05, 3.63) is 99.5 Å². The summed E-state index contributed by atoms with van der Waals surface area (Å²) in [5.41, 5.74) is 4.56. The lowest BCUT2D eigenvalue weighted by molar-refractivity contribution is 0.102. The maximum absolute atomic E-state index is 12.9. The van der Waals surface area contributed by atoms with E-state index in [1.54, 1.807) is 35.8 Å². The zero-order chi connectivity index (χ0) is 23.0. The molecule has 0 aliphatic heterocycles. The lowest BCUT2D eigenvalue weighted by atomic mass is 10.1. The van der Waals surface area contributed by atoms with Gasteiger partial charge in [-0.05, 0) is 48.0 Å². The third kappa shape index (κ3) is 6.03. The van der Waals surface area contributed by atoms with Gasteiger partial charge in [0.1, 0.15) is 19.0 Å². The average Bonchev–Trinajstić information content (AvgIpc) is 3.37. The van der Waals surface area contributed by atoms with Crippen molar-refractivity contribution in [1.29, 1.82) is 0 Å². The molecule has 8 heteroatoms. The number of methoxy groups -OCH3 is 1. The average molecular weight is 481 g/mol. The van der Waals surface area contributed by atoms with Crippen LogP contribution >= 0.6 is 22.9 Å². The number of carbonyl (C=O) groups is 1. The molecule has 0 atom stereocenters. The fraction of sp³-hybridized carbons (Fsp3) is 0.120. The first-order chi connectivity index (χ1) is 16.1. The topological polar surface area (TPSA) is 69.7 Å². The summed E-state index contributed by atoms with van der Waals surface area (Å²) in [6.07, 6.45) is 0. The van der Waals surface area contributed by atoms with Crippen LogP contribution in [0.5, 0.6) is 17.2 Å². The van der Waals surface area contributed by atoms with Gasteiger partial charge in [-0.3, -0.25) is 4.79 Å². The van der Waals surface area contributed by atoms with Crippen LogP contribution in [0.15, 0.2) is 77.6 Å². The minimum absolute atomic E-state index is 0.290. The van der Waals surface area contributed by atoms with Crippen LogP contribution in [0.2, 0.25) is 5.02 Å². The van der Waals surface area contributed by atoms with Crippen LogP contribution in [0.3, 0.4) is 0 Å². The van der Waals surface area contributed by atoms with Crippen molar-refractivity contribution >= 4 is 34.5 Å². The number of amides is 1. The second-order valence-corrected chi connectivity index (χ2v) is 8.15. The van der Waals surface area contributed by atoms with Crippen molar-refractivity contribution in [2.75, 3.05) is 12.4 Å². The molecule has 1 heterocycles. The van der Waals surface area contributed by atoms with E-state index in [-0.39, 0.29) is 5.91 Å². The van der Waals surface area contributed by atoms with E-state index in [1.165, 1.54) is 18.4 Å². The van der Waals surface area contributed by atoms with Crippen molar-refractivity contribution in [2.24, 2.45) is 0 Å². The first kappa shape index (κ1) is 22.6. The predicted octanol–water partition coefficient (Wildman–Crippen LogP) is 6.22. The number of hydrogen-bond donors (Lipinski definition) is 1. The summed E-state index contributed by atoms with van der Waals surface area (Å²) < 4.78 is 17.1. The molecule has 0 radical (unpaired) electrons. The third-order valence-electron chi connectivity index (χ3n) is 4.73. The summed E-state index contributed by atoms with van der Waals surface area (Å²) >= 11 is 7.43. The second-order valence-electron chi connectivity index (χ2n) is 7.00. The molecule has 1 amide bonds. The number of nitrogens with zero attached hydrogens (tertiary/aromatic N) is 1. The Bertz CT molecular complexity index is 1210. The van der Waals surface area contributed by atoms with Gasteiger partial charge >= 0.3 is 0 Å². The number of carbonyl (C=O) groups excluding carboxylic acids is 1. The number of benzene rings is 3. The van der Waals surface area contributed by atoms with Gasteiger partial charge in [0.2, 0.25) is 0 Å². The molecule has 0 saturated heterocycles. The lowest BCUT2D eigenvalue weighted by Gasteiger charge is -2.14. The van der Waals surface area contributed by atoms with Gasteiger partial charge in [-0.1, -0.05) is 35.9 Å². The van der Waals surface area contributed by atoms with Crippen molar-refractivity contribution in [3.8, 4) is 17.2 Å². The fourth-order valence-electron chi connectivity index (χ4n) is 3.02. The summed E-state index contributed by atoms with van der Waals surface area (Å²) in [6.45, 7) is 0.673. The number of nitrogens with one attached hydrogen (secondary N) is 1. The van der Waals surface area contributed by atoms with Crippen LogP contribution in [-0.4, -0.2) is 18.0 Å². The summed E-state index contributed by atoms with van der Waals surface area (Å²) in [6, 6.07) is 19.7. The molecule has 4 rings (SSSR count). The Kier molecular flexibility index (Phi) is 7.44. The molecule has 33 heavy (non-hydrogen) atoms. The van der Waals surface area contributed by atoms with Gasteiger partial charge in [0.25, 0.3) is 5.91 Å². The van der Waals surface area contributed by atoms with E-state index < -0.39 is 0 Å². The Morgan fingerprint density at radius 3 is 2.52 bits per heavy atom. The zero-order valence-electron chi connectivity index (χ0n) is 17.8. The minimum Gasteiger partial charge on any atom is -0.493 e. The maximum Gasteiger partial charge on any atom is 0.255 e. The fourth-order valence-corrected chi connectivity index (χ4v) is 3.69. The lowest BCUT2D eigenvalue weighted by Crippen LogP contribution is -2.13. The van der Waals surface area contributed by atoms with Gasteiger partial charge in [-0.25, -0.2) is 4.98 Å². The molecule has 3 aromatic carbocycles. The Labute approximate surface area is 200 Å². The van der Waals surface area contributed by atoms with Gasteiger partial charge in [0.15, 0.2) is 11.5 Å². The van der Waals surface area contributed by atoms with Crippen molar-refractivity contribution in [2.45, 2.75) is 13.2 Å². The Balaban J connectivity index is 1.43. The molecular formula is C25H21ClN2O4S. The Morgan fingerprint density at radius 1 is 0.970 bits per heavy atom. The first-order valence-corrected chi connectivity index (χ1v) is 11.4. The number of para-hydroxylation sites is 2. The molecule has 0 spiro atoms. The smallest absolute Gasteiger partial charge is 0.255 e. The van der Waals surface area contributed by atoms with E-state index in [0.717, 1.165) is 11.3 Å². The molecule has 6 nitrogen and oxygen atoms in total. The van der Waals surface area contributed by atoms with Crippen LogP contribution in [-0.2, 0) is 13.2 Å². The predicted molar refractivity (Wildman–Crippen MR) is 130 cm³/mol. The molecule has 1 N–H and O–H groups in total. The minimum atomic E-state index is -0.290.